The Morgan fingerprint density at radius 2 is 1.86 bits per heavy atom. The molecule has 0 aliphatic carbocycles. The van der Waals surface area contributed by atoms with E-state index in [1.807, 2.05) is 0 Å². The van der Waals surface area contributed by atoms with Crippen LogP contribution in [-0.2, 0) is 6.54 Å². The summed E-state index contributed by atoms with van der Waals surface area (Å²) in [5, 5.41) is 8.81. The summed E-state index contributed by atoms with van der Waals surface area (Å²) in [6.07, 6.45) is 1.23. The smallest absolute Gasteiger partial charge is 0.335 e. The van der Waals surface area contributed by atoms with E-state index in [2.05, 4.69) is 4.98 Å². The van der Waals surface area contributed by atoms with Crippen LogP contribution in [-0.4, -0.2) is 33.9 Å². The Balaban J connectivity index is 2.08. The summed E-state index contributed by atoms with van der Waals surface area (Å²) in [6, 6.07) is 8.74. The molecule has 1 N–H and O–H groups in total. The number of carbonyl (C=O) groups is 2. The molecule has 0 aliphatic rings. The lowest BCUT2D eigenvalue weighted by molar-refractivity contribution is 0.0695. The van der Waals surface area contributed by atoms with Crippen molar-refractivity contribution in [3.05, 3.63) is 65.2 Å². The highest BCUT2D eigenvalue weighted by atomic mass is 19.1. The molecule has 0 spiro atoms. The summed E-state index contributed by atoms with van der Waals surface area (Å²) >= 11 is 0. The highest BCUT2D eigenvalue weighted by Crippen LogP contribution is 2.10. The number of carboxylic acids is 1. The Hall–Kier alpha value is -2.76. The third kappa shape index (κ3) is 3.62. The van der Waals surface area contributed by atoms with Crippen LogP contribution in [0.5, 0.6) is 0 Å². The molecule has 0 aliphatic heterocycles. The zero-order valence-electron chi connectivity index (χ0n) is 11.3. The van der Waals surface area contributed by atoms with Crippen molar-refractivity contribution in [2.45, 2.75) is 6.54 Å². The van der Waals surface area contributed by atoms with E-state index in [0.717, 1.165) is 11.6 Å². The SMILES string of the molecule is CN(Cc1ccc(C(=O)O)cc1)C(=O)c1ccnc(F)c1. The van der Waals surface area contributed by atoms with Gasteiger partial charge in [0.2, 0.25) is 5.95 Å². The van der Waals surface area contributed by atoms with Crippen molar-refractivity contribution in [3.63, 3.8) is 0 Å². The molecule has 2 aromatic rings. The Bertz CT molecular complexity index is 671. The number of hydrogen-bond donors (Lipinski definition) is 1. The minimum absolute atomic E-state index is 0.184. The first-order valence-electron chi connectivity index (χ1n) is 6.16. The van der Waals surface area contributed by atoms with E-state index in [1.54, 1.807) is 19.2 Å². The number of benzene rings is 1. The summed E-state index contributed by atoms with van der Waals surface area (Å²) in [4.78, 5) is 27.7. The van der Waals surface area contributed by atoms with Gasteiger partial charge in [-0.25, -0.2) is 9.78 Å². The highest BCUT2D eigenvalue weighted by molar-refractivity contribution is 5.93. The zero-order chi connectivity index (χ0) is 15.4. The third-order valence-corrected chi connectivity index (χ3v) is 2.94. The normalized spacial score (nSPS) is 10.2. The molecule has 0 radical (unpaired) electrons. The Morgan fingerprint density at radius 3 is 2.43 bits per heavy atom. The van der Waals surface area contributed by atoms with E-state index in [0.29, 0.717) is 6.54 Å². The molecule has 0 saturated heterocycles. The van der Waals surface area contributed by atoms with Gasteiger partial charge < -0.3 is 10.0 Å². The van der Waals surface area contributed by atoms with Crippen LogP contribution in [0.1, 0.15) is 26.3 Å². The highest BCUT2D eigenvalue weighted by Gasteiger charge is 2.13. The Morgan fingerprint density at radius 1 is 1.19 bits per heavy atom. The maximum atomic E-state index is 13.0. The van der Waals surface area contributed by atoms with Crippen molar-refractivity contribution < 1.29 is 19.1 Å². The number of aromatic carboxylic acids is 1. The topological polar surface area (TPSA) is 70.5 Å². The van der Waals surface area contributed by atoms with E-state index in [-0.39, 0.29) is 17.0 Å². The standard InChI is InChI=1S/C15H13FN2O3/c1-18(14(19)12-6-7-17-13(16)8-12)9-10-2-4-11(5-3-10)15(20)21/h2-8H,9H2,1H3,(H,20,21). The lowest BCUT2D eigenvalue weighted by atomic mass is 10.1. The van der Waals surface area contributed by atoms with Gasteiger partial charge in [-0.3, -0.25) is 4.79 Å². The molecule has 1 heterocycles. The summed E-state index contributed by atoms with van der Waals surface area (Å²) in [5.74, 6) is -2.04. The predicted octanol–water partition coefficient (Wildman–Crippen LogP) is 2.19. The number of aromatic nitrogens is 1. The molecule has 0 unspecified atom stereocenters. The number of carbonyl (C=O) groups excluding carboxylic acids is 1. The van der Waals surface area contributed by atoms with Gasteiger partial charge in [-0.1, -0.05) is 12.1 Å². The molecule has 1 aromatic heterocycles. The van der Waals surface area contributed by atoms with Gasteiger partial charge in [0, 0.05) is 31.4 Å². The molecule has 1 amide bonds. The van der Waals surface area contributed by atoms with E-state index in [4.69, 9.17) is 5.11 Å². The van der Waals surface area contributed by atoms with Crippen molar-refractivity contribution in [1.29, 1.82) is 0 Å². The number of halogens is 1. The number of hydrogen-bond acceptors (Lipinski definition) is 3. The molecule has 0 bridgehead atoms. The first-order chi connectivity index (χ1) is 9.97. The van der Waals surface area contributed by atoms with Crippen LogP contribution in [0.4, 0.5) is 4.39 Å². The quantitative estimate of drug-likeness (QED) is 0.875. The fourth-order valence-corrected chi connectivity index (χ4v) is 1.85. The number of carboxylic acid groups (broad SMARTS) is 1. The average molecular weight is 288 g/mol. The summed E-state index contributed by atoms with van der Waals surface area (Å²) in [5.41, 5.74) is 1.18. The van der Waals surface area contributed by atoms with Crippen LogP contribution in [0, 0.1) is 5.95 Å². The number of pyridine rings is 1. The molecule has 0 saturated carbocycles. The second kappa shape index (κ2) is 6.13. The van der Waals surface area contributed by atoms with Crippen LogP contribution in [0.3, 0.4) is 0 Å². The lowest BCUT2D eigenvalue weighted by Crippen LogP contribution is -2.26. The van der Waals surface area contributed by atoms with Gasteiger partial charge in [-0.2, -0.15) is 4.39 Å². The molecule has 0 fully saturated rings. The van der Waals surface area contributed by atoms with E-state index >= 15 is 0 Å². The first kappa shape index (κ1) is 14.6. The minimum atomic E-state index is -1.00. The molecule has 108 valence electrons. The fraction of sp³-hybridized carbons (Fsp3) is 0.133. The van der Waals surface area contributed by atoms with Gasteiger partial charge in [0.1, 0.15) is 0 Å². The number of amides is 1. The van der Waals surface area contributed by atoms with Crippen molar-refractivity contribution >= 4 is 11.9 Å². The second-order valence-corrected chi connectivity index (χ2v) is 4.53. The van der Waals surface area contributed by atoms with Crippen LogP contribution in [0.2, 0.25) is 0 Å². The molecule has 0 atom stereocenters. The van der Waals surface area contributed by atoms with Crippen LogP contribution < -0.4 is 0 Å². The van der Waals surface area contributed by atoms with Gasteiger partial charge in [0.25, 0.3) is 5.91 Å². The van der Waals surface area contributed by atoms with Crippen LogP contribution in [0.15, 0.2) is 42.6 Å². The minimum Gasteiger partial charge on any atom is -0.478 e. The maximum absolute atomic E-state index is 13.0. The summed E-state index contributed by atoms with van der Waals surface area (Å²) in [7, 11) is 1.59. The van der Waals surface area contributed by atoms with Gasteiger partial charge >= 0.3 is 5.97 Å². The molecular weight excluding hydrogens is 275 g/mol. The first-order valence-corrected chi connectivity index (χ1v) is 6.16. The van der Waals surface area contributed by atoms with Crippen molar-refractivity contribution in [1.82, 2.24) is 9.88 Å². The molecule has 21 heavy (non-hydrogen) atoms. The van der Waals surface area contributed by atoms with E-state index < -0.39 is 11.9 Å². The molecule has 6 heteroatoms. The lowest BCUT2D eigenvalue weighted by Gasteiger charge is -2.17. The fourth-order valence-electron chi connectivity index (χ4n) is 1.85. The number of nitrogens with zero attached hydrogens (tertiary/aromatic N) is 2. The summed E-state index contributed by atoms with van der Waals surface area (Å²) < 4.78 is 13.0. The number of rotatable bonds is 4. The van der Waals surface area contributed by atoms with Crippen molar-refractivity contribution in [3.8, 4) is 0 Å². The monoisotopic (exact) mass is 288 g/mol. The van der Waals surface area contributed by atoms with Gasteiger partial charge in [-0.05, 0) is 23.8 Å². The third-order valence-electron chi connectivity index (χ3n) is 2.94. The largest absolute Gasteiger partial charge is 0.478 e. The van der Waals surface area contributed by atoms with Crippen molar-refractivity contribution in [2.75, 3.05) is 7.05 Å². The van der Waals surface area contributed by atoms with Gasteiger partial charge in [0.05, 0.1) is 5.56 Å². The Labute approximate surface area is 120 Å². The van der Waals surface area contributed by atoms with Gasteiger partial charge in [-0.15, -0.1) is 0 Å². The average Bonchev–Trinajstić information content (AvgIpc) is 2.47. The van der Waals surface area contributed by atoms with E-state index in [9.17, 15) is 14.0 Å². The van der Waals surface area contributed by atoms with E-state index in [1.165, 1.54) is 29.3 Å². The maximum Gasteiger partial charge on any atom is 0.335 e. The van der Waals surface area contributed by atoms with Crippen molar-refractivity contribution in [2.24, 2.45) is 0 Å². The predicted molar refractivity (Wildman–Crippen MR) is 73.4 cm³/mol. The van der Waals surface area contributed by atoms with Crippen LogP contribution in [0.25, 0.3) is 0 Å². The Kier molecular flexibility index (Phi) is 4.27. The van der Waals surface area contributed by atoms with Gasteiger partial charge in [0.15, 0.2) is 0 Å². The molecule has 1 aromatic carbocycles. The second-order valence-electron chi connectivity index (χ2n) is 4.53. The molecular formula is C15H13FN2O3. The molecule has 5 nitrogen and oxygen atoms in total. The zero-order valence-corrected chi connectivity index (χ0v) is 11.3. The van der Waals surface area contributed by atoms with Crippen LogP contribution >= 0.6 is 0 Å². The molecule has 2 rings (SSSR count). The summed E-state index contributed by atoms with van der Waals surface area (Å²) in [6.45, 7) is 0.294.